The second-order valence-electron chi connectivity index (χ2n) is 3.98. The molecule has 0 saturated carbocycles. The molecule has 16 heavy (non-hydrogen) atoms. The number of aliphatic hydroxyl groups is 1. The number of pyridine rings is 1. The van der Waals surface area contributed by atoms with Crippen molar-refractivity contribution in [2.45, 2.75) is 12.0 Å². The number of nitrogens with two attached hydrogens (primary N) is 1. The molecule has 2 rings (SSSR count). The first-order valence-electron chi connectivity index (χ1n) is 5.04. The van der Waals surface area contributed by atoms with Gasteiger partial charge in [-0.1, -0.05) is 0 Å². The zero-order valence-corrected chi connectivity index (χ0v) is 10.3. The smallest absolute Gasteiger partial charge is 0.140 e. The van der Waals surface area contributed by atoms with E-state index in [1.54, 1.807) is 12.3 Å². The highest BCUT2D eigenvalue weighted by Gasteiger charge is 2.32. The van der Waals surface area contributed by atoms with Crippen LogP contribution in [0.15, 0.2) is 16.7 Å². The average molecular weight is 288 g/mol. The molecule has 1 fully saturated rings. The lowest BCUT2D eigenvalue weighted by molar-refractivity contribution is 0.0381. The summed E-state index contributed by atoms with van der Waals surface area (Å²) in [4.78, 5) is 4.13. The molecule has 0 aromatic carbocycles. The van der Waals surface area contributed by atoms with E-state index in [4.69, 9.17) is 10.5 Å². The predicted molar refractivity (Wildman–Crippen MR) is 65.2 cm³/mol. The van der Waals surface area contributed by atoms with Gasteiger partial charge in [0, 0.05) is 19.6 Å². The summed E-state index contributed by atoms with van der Waals surface area (Å²) in [5.74, 6) is 0.675. The van der Waals surface area contributed by atoms with Crippen LogP contribution >= 0.6 is 15.9 Å². The second kappa shape index (κ2) is 4.57. The van der Waals surface area contributed by atoms with Crippen molar-refractivity contribution in [2.75, 3.05) is 30.8 Å². The summed E-state index contributed by atoms with van der Waals surface area (Å²) in [6.07, 6.45) is 2.22. The van der Waals surface area contributed by atoms with Gasteiger partial charge in [-0.25, -0.2) is 4.98 Å². The van der Waals surface area contributed by atoms with E-state index in [0.717, 1.165) is 4.47 Å². The molecule has 0 amide bonds. The summed E-state index contributed by atoms with van der Waals surface area (Å²) in [6, 6.07) is 1.77. The Bertz CT molecular complexity index is 380. The van der Waals surface area contributed by atoms with Gasteiger partial charge >= 0.3 is 0 Å². The predicted octanol–water partition coefficient (Wildman–Crippen LogP) is 0.990. The lowest BCUT2D eigenvalue weighted by Crippen LogP contribution is -2.37. The van der Waals surface area contributed by atoms with Crippen molar-refractivity contribution in [3.63, 3.8) is 0 Å². The van der Waals surface area contributed by atoms with E-state index in [-0.39, 0.29) is 0 Å². The van der Waals surface area contributed by atoms with E-state index in [2.05, 4.69) is 26.2 Å². The molecule has 88 valence electrons. The Morgan fingerprint density at radius 3 is 3.12 bits per heavy atom. The summed E-state index contributed by atoms with van der Waals surface area (Å²) in [6.45, 7) is 1.39. The molecule has 1 atom stereocenters. The maximum absolute atomic E-state index is 10.0. The number of anilines is 2. The summed E-state index contributed by atoms with van der Waals surface area (Å²) in [7, 11) is 0. The Kier molecular flexibility index (Phi) is 3.32. The summed E-state index contributed by atoms with van der Waals surface area (Å²) in [5.41, 5.74) is 5.39. The second-order valence-corrected chi connectivity index (χ2v) is 4.83. The molecule has 1 aromatic heterocycles. The molecule has 1 unspecified atom stereocenters. The molecule has 1 aromatic rings. The summed E-state index contributed by atoms with van der Waals surface area (Å²) >= 11 is 3.36. The number of nitrogens with one attached hydrogen (secondary N) is 1. The zero-order chi connectivity index (χ0) is 11.6. The van der Waals surface area contributed by atoms with Crippen LogP contribution in [0.25, 0.3) is 0 Å². The molecule has 1 aliphatic rings. The largest absolute Gasteiger partial charge is 0.397 e. The van der Waals surface area contributed by atoms with Crippen LogP contribution in [0.3, 0.4) is 0 Å². The number of nitrogens with zero attached hydrogens (tertiary/aromatic N) is 1. The standard InChI is InChI=1S/C10H14BrN3O2/c11-8-3-7(12)4-13-9(8)14-5-10(15)1-2-16-6-10/h3-4,15H,1-2,5-6,12H2,(H,13,14). The third-order valence-corrected chi connectivity index (χ3v) is 3.13. The van der Waals surface area contributed by atoms with Crippen LogP contribution in [-0.4, -0.2) is 35.5 Å². The van der Waals surface area contributed by atoms with Crippen molar-refractivity contribution in [3.8, 4) is 0 Å². The number of aromatic nitrogens is 1. The SMILES string of the molecule is Nc1cnc(NCC2(O)CCOC2)c(Br)c1. The normalized spacial score (nSPS) is 24.6. The first kappa shape index (κ1) is 11.6. The molecular weight excluding hydrogens is 274 g/mol. The fourth-order valence-corrected chi connectivity index (χ4v) is 2.07. The molecule has 2 heterocycles. The van der Waals surface area contributed by atoms with Gasteiger partial charge in [-0.15, -0.1) is 0 Å². The van der Waals surface area contributed by atoms with Gasteiger partial charge in [0.2, 0.25) is 0 Å². The van der Waals surface area contributed by atoms with E-state index < -0.39 is 5.60 Å². The van der Waals surface area contributed by atoms with Crippen LogP contribution in [0.5, 0.6) is 0 Å². The molecule has 0 radical (unpaired) electrons. The molecule has 4 N–H and O–H groups in total. The van der Waals surface area contributed by atoms with Crippen LogP contribution in [0.4, 0.5) is 11.5 Å². The number of hydrogen-bond donors (Lipinski definition) is 3. The highest BCUT2D eigenvalue weighted by Crippen LogP contribution is 2.24. The van der Waals surface area contributed by atoms with E-state index in [1.165, 1.54) is 0 Å². The third-order valence-electron chi connectivity index (χ3n) is 2.53. The Labute approximate surface area is 102 Å². The minimum atomic E-state index is -0.789. The van der Waals surface area contributed by atoms with Crippen LogP contribution < -0.4 is 11.1 Å². The molecule has 1 saturated heterocycles. The monoisotopic (exact) mass is 287 g/mol. The number of rotatable bonds is 3. The topological polar surface area (TPSA) is 80.4 Å². The average Bonchev–Trinajstić information content (AvgIpc) is 2.64. The molecule has 0 bridgehead atoms. The zero-order valence-electron chi connectivity index (χ0n) is 8.74. The molecular formula is C10H14BrN3O2. The van der Waals surface area contributed by atoms with Gasteiger partial charge < -0.3 is 20.9 Å². The van der Waals surface area contributed by atoms with Gasteiger partial charge in [0.15, 0.2) is 0 Å². The fourth-order valence-electron chi connectivity index (χ4n) is 1.57. The Hall–Kier alpha value is -0.850. The summed E-state index contributed by atoms with van der Waals surface area (Å²) in [5, 5.41) is 13.1. The maximum atomic E-state index is 10.0. The minimum Gasteiger partial charge on any atom is -0.397 e. The molecule has 1 aliphatic heterocycles. The van der Waals surface area contributed by atoms with Gasteiger partial charge in [0.1, 0.15) is 11.4 Å². The summed E-state index contributed by atoms with van der Waals surface area (Å²) < 4.78 is 5.94. The number of hydrogen-bond acceptors (Lipinski definition) is 5. The number of halogens is 1. The number of ether oxygens (including phenoxy) is 1. The van der Waals surface area contributed by atoms with Crippen molar-refractivity contribution in [2.24, 2.45) is 0 Å². The fraction of sp³-hybridized carbons (Fsp3) is 0.500. The quantitative estimate of drug-likeness (QED) is 0.773. The third kappa shape index (κ3) is 2.63. The van der Waals surface area contributed by atoms with E-state index >= 15 is 0 Å². The van der Waals surface area contributed by atoms with Crippen LogP contribution in [-0.2, 0) is 4.74 Å². The highest BCUT2D eigenvalue weighted by atomic mass is 79.9. The lowest BCUT2D eigenvalue weighted by Gasteiger charge is -2.21. The Balaban J connectivity index is 1.99. The van der Waals surface area contributed by atoms with Gasteiger partial charge in [-0.2, -0.15) is 0 Å². The van der Waals surface area contributed by atoms with Gasteiger partial charge in [0.05, 0.1) is 23.0 Å². The Morgan fingerprint density at radius 2 is 2.50 bits per heavy atom. The maximum Gasteiger partial charge on any atom is 0.140 e. The molecule has 0 spiro atoms. The van der Waals surface area contributed by atoms with Crippen molar-refractivity contribution in [1.29, 1.82) is 0 Å². The van der Waals surface area contributed by atoms with Crippen LogP contribution in [0.1, 0.15) is 6.42 Å². The van der Waals surface area contributed by atoms with Crippen molar-refractivity contribution >= 4 is 27.4 Å². The molecule has 5 nitrogen and oxygen atoms in total. The first-order chi connectivity index (χ1) is 7.59. The van der Waals surface area contributed by atoms with E-state index in [9.17, 15) is 5.11 Å². The highest BCUT2D eigenvalue weighted by molar-refractivity contribution is 9.10. The van der Waals surface area contributed by atoms with Gasteiger partial charge in [0.25, 0.3) is 0 Å². The lowest BCUT2D eigenvalue weighted by atomic mass is 10.0. The van der Waals surface area contributed by atoms with Crippen molar-refractivity contribution in [3.05, 3.63) is 16.7 Å². The van der Waals surface area contributed by atoms with Gasteiger partial charge in [-0.05, 0) is 22.0 Å². The van der Waals surface area contributed by atoms with Crippen LogP contribution in [0, 0.1) is 0 Å². The van der Waals surface area contributed by atoms with Gasteiger partial charge in [-0.3, -0.25) is 0 Å². The Morgan fingerprint density at radius 1 is 1.69 bits per heavy atom. The van der Waals surface area contributed by atoms with Crippen molar-refractivity contribution in [1.82, 2.24) is 4.98 Å². The molecule has 0 aliphatic carbocycles. The van der Waals surface area contributed by atoms with Crippen molar-refractivity contribution < 1.29 is 9.84 Å². The van der Waals surface area contributed by atoms with Crippen LogP contribution in [0.2, 0.25) is 0 Å². The molecule has 6 heteroatoms. The number of nitrogen functional groups attached to an aromatic ring is 1. The van der Waals surface area contributed by atoms with E-state index in [1.807, 2.05) is 0 Å². The van der Waals surface area contributed by atoms with E-state index in [0.29, 0.717) is 37.7 Å². The first-order valence-corrected chi connectivity index (χ1v) is 5.83. The minimum absolute atomic E-state index is 0.368.